The fraction of sp³-hybridized carbons (Fsp3) is 0.316. The summed E-state index contributed by atoms with van der Waals surface area (Å²) in [6.45, 7) is 4.06. The van der Waals surface area contributed by atoms with Gasteiger partial charge >= 0.3 is 0 Å². The highest BCUT2D eigenvalue weighted by molar-refractivity contribution is 6.27. The molecule has 0 aromatic carbocycles. The van der Waals surface area contributed by atoms with E-state index >= 15 is 0 Å². The third kappa shape index (κ3) is 6.63. The van der Waals surface area contributed by atoms with Crippen molar-refractivity contribution in [3.63, 3.8) is 0 Å². The lowest BCUT2D eigenvalue weighted by Crippen LogP contribution is -2.30. The van der Waals surface area contributed by atoms with Gasteiger partial charge < -0.3 is 15.7 Å². The van der Waals surface area contributed by atoms with Gasteiger partial charge in [0.25, 0.3) is 5.91 Å². The van der Waals surface area contributed by atoms with Gasteiger partial charge in [0.05, 0.1) is 6.04 Å². The standard InChI is InChI=1S/C19H24N2O4/c1-3-5-7-11-15(22)17-18(24)14(21-19(17)25)10-9-13-20-16(23)12-8-6-4-2/h3-8,11-12,14,22H,9-10,13H2,1-2H3,(H,20,23)(H,21,25). The highest BCUT2D eigenvalue weighted by Gasteiger charge is 2.37. The molecule has 0 radical (unpaired) electrons. The Balaban J connectivity index is 2.51. The van der Waals surface area contributed by atoms with Crippen LogP contribution in [0.3, 0.4) is 0 Å². The molecule has 0 aromatic heterocycles. The number of aliphatic hydroxyl groups is 1. The third-order valence-corrected chi connectivity index (χ3v) is 3.43. The van der Waals surface area contributed by atoms with Gasteiger partial charge in [0, 0.05) is 12.6 Å². The fourth-order valence-electron chi connectivity index (χ4n) is 2.20. The number of allylic oxidation sites excluding steroid dienone is 7. The average molecular weight is 344 g/mol. The normalized spacial score (nSPS) is 20.3. The van der Waals surface area contributed by atoms with Gasteiger partial charge in [-0.15, -0.1) is 0 Å². The van der Waals surface area contributed by atoms with Gasteiger partial charge in [-0.3, -0.25) is 14.4 Å². The first-order valence-electron chi connectivity index (χ1n) is 8.16. The topological polar surface area (TPSA) is 95.5 Å². The van der Waals surface area contributed by atoms with E-state index in [0.29, 0.717) is 19.4 Å². The van der Waals surface area contributed by atoms with E-state index in [1.807, 2.05) is 19.9 Å². The molecular weight excluding hydrogens is 320 g/mol. The van der Waals surface area contributed by atoms with Crippen LogP contribution < -0.4 is 10.6 Å². The van der Waals surface area contributed by atoms with Crippen LogP contribution in [0.5, 0.6) is 0 Å². The number of aliphatic hydroxyl groups excluding tert-OH is 1. The van der Waals surface area contributed by atoms with Crippen molar-refractivity contribution in [2.45, 2.75) is 32.7 Å². The summed E-state index contributed by atoms with van der Waals surface area (Å²) in [5, 5.41) is 15.1. The number of rotatable bonds is 8. The van der Waals surface area contributed by atoms with E-state index in [1.54, 1.807) is 30.4 Å². The van der Waals surface area contributed by atoms with E-state index in [4.69, 9.17) is 0 Å². The van der Waals surface area contributed by atoms with Crippen LogP contribution in [0.4, 0.5) is 0 Å². The van der Waals surface area contributed by atoms with Crippen molar-refractivity contribution in [2.75, 3.05) is 6.54 Å². The predicted molar refractivity (Wildman–Crippen MR) is 96.7 cm³/mol. The van der Waals surface area contributed by atoms with Crippen molar-refractivity contribution in [1.29, 1.82) is 0 Å². The number of amides is 2. The molecule has 1 aliphatic heterocycles. The van der Waals surface area contributed by atoms with Crippen LogP contribution in [0.1, 0.15) is 26.7 Å². The lowest BCUT2D eigenvalue weighted by molar-refractivity contribution is -0.118. The molecule has 1 heterocycles. The van der Waals surface area contributed by atoms with Crippen LogP contribution in [-0.2, 0) is 14.4 Å². The number of carbonyl (C=O) groups excluding carboxylic acids is 3. The van der Waals surface area contributed by atoms with Crippen molar-refractivity contribution in [2.24, 2.45) is 0 Å². The summed E-state index contributed by atoms with van der Waals surface area (Å²) in [5.74, 6) is -1.55. The molecule has 3 N–H and O–H groups in total. The summed E-state index contributed by atoms with van der Waals surface area (Å²) in [4.78, 5) is 35.6. The molecule has 0 saturated carbocycles. The second-order valence-electron chi connectivity index (χ2n) is 5.35. The van der Waals surface area contributed by atoms with Crippen LogP contribution in [-0.4, -0.2) is 35.3 Å². The van der Waals surface area contributed by atoms with Crippen LogP contribution in [0, 0.1) is 0 Å². The van der Waals surface area contributed by atoms with Gasteiger partial charge in [-0.2, -0.15) is 0 Å². The number of hydrogen-bond acceptors (Lipinski definition) is 4. The molecule has 0 spiro atoms. The second-order valence-corrected chi connectivity index (χ2v) is 5.35. The molecule has 0 aliphatic carbocycles. The monoisotopic (exact) mass is 344 g/mol. The van der Waals surface area contributed by atoms with E-state index in [1.165, 1.54) is 12.2 Å². The molecule has 1 fully saturated rings. The summed E-state index contributed by atoms with van der Waals surface area (Å²) >= 11 is 0. The minimum atomic E-state index is -0.671. The zero-order chi connectivity index (χ0) is 18.7. The summed E-state index contributed by atoms with van der Waals surface area (Å²) < 4.78 is 0. The first-order valence-corrected chi connectivity index (χ1v) is 8.16. The molecule has 6 nitrogen and oxygen atoms in total. The SMILES string of the molecule is CC=CC=CC(=O)NCCCC1NC(=O)C(=C(O)C=CC=CC)C1=O. The summed E-state index contributed by atoms with van der Waals surface area (Å²) in [6, 6.07) is -0.671. The molecule has 1 unspecified atom stereocenters. The molecule has 2 amide bonds. The van der Waals surface area contributed by atoms with Crippen molar-refractivity contribution in [3.8, 4) is 0 Å². The molecule has 25 heavy (non-hydrogen) atoms. The van der Waals surface area contributed by atoms with Gasteiger partial charge in [0.2, 0.25) is 5.91 Å². The lowest BCUT2D eigenvalue weighted by atomic mass is 10.0. The smallest absolute Gasteiger partial charge is 0.259 e. The summed E-state index contributed by atoms with van der Waals surface area (Å²) in [5.41, 5.74) is -0.218. The van der Waals surface area contributed by atoms with Crippen molar-refractivity contribution in [1.82, 2.24) is 10.6 Å². The largest absolute Gasteiger partial charge is 0.507 e. The Bertz CT molecular complexity index is 654. The average Bonchev–Trinajstić information content (AvgIpc) is 2.86. The quantitative estimate of drug-likeness (QED) is 0.206. The van der Waals surface area contributed by atoms with E-state index in [9.17, 15) is 19.5 Å². The maximum Gasteiger partial charge on any atom is 0.259 e. The molecule has 0 bridgehead atoms. The zero-order valence-electron chi connectivity index (χ0n) is 14.5. The number of nitrogens with one attached hydrogen (secondary N) is 2. The Morgan fingerprint density at radius 1 is 1.12 bits per heavy atom. The van der Waals surface area contributed by atoms with Gasteiger partial charge in [-0.1, -0.05) is 36.5 Å². The molecule has 1 atom stereocenters. The van der Waals surface area contributed by atoms with E-state index < -0.39 is 17.7 Å². The number of hydrogen-bond donors (Lipinski definition) is 3. The molecular formula is C19H24N2O4. The van der Waals surface area contributed by atoms with E-state index in [2.05, 4.69) is 10.6 Å². The van der Waals surface area contributed by atoms with Crippen molar-refractivity contribution in [3.05, 3.63) is 59.9 Å². The van der Waals surface area contributed by atoms with Gasteiger partial charge in [-0.05, 0) is 32.8 Å². The maximum atomic E-state index is 12.2. The van der Waals surface area contributed by atoms with Gasteiger partial charge in [0.1, 0.15) is 11.3 Å². The molecule has 1 rings (SSSR count). The summed E-state index contributed by atoms with van der Waals surface area (Å²) in [6.07, 6.45) is 13.8. The van der Waals surface area contributed by atoms with E-state index in [0.717, 1.165) is 0 Å². The lowest BCUT2D eigenvalue weighted by Gasteiger charge is -2.07. The first kappa shape index (κ1) is 20.2. The Morgan fingerprint density at radius 3 is 2.40 bits per heavy atom. The number of Topliss-reactive ketones (excluding diaryl/α,β-unsaturated/α-hetero) is 1. The molecule has 134 valence electrons. The highest BCUT2D eigenvalue weighted by Crippen LogP contribution is 2.17. The predicted octanol–water partition coefficient (Wildman–Crippen LogP) is 2.03. The molecule has 1 saturated heterocycles. The van der Waals surface area contributed by atoms with Gasteiger partial charge in [0.15, 0.2) is 5.78 Å². The Hall–Kier alpha value is -2.89. The fourth-order valence-corrected chi connectivity index (χ4v) is 2.20. The zero-order valence-corrected chi connectivity index (χ0v) is 14.5. The molecule has 0 aromatic rings. The van der Waals surface area contributed by atoms with Crippen LogP contribution in [0.15, 0.2) is 59.9 Å². The van der Waals surface area contributed by atoms with Crippen LogP contribution in [0.25, 0.3) is 0 Å². The van der Waals surface area contributed by atoms with Crippen LogP contribution in [0.2, 0.25) is 0 Å². The summed E-state index contributed by atoms with van der Waals surface area (Å²) in [7, 11) is 0. The Kier molecular flexibility index (Phi) is 8.71. The number of ketones is 1. The molecule has 1 aliphatic rings. The van der Waals surface area contributed by atoms with Crippen molar-refractivity contribution < 1.29 is 19.5 Å². The Labute approximate surface area is 147 Å². The first-order chi connectivity index (χ1) is 12.0. The minimum Gasteiger partial charge on any atom is -0.507 e. The van der Waals surface area contributed by atoms with Gasteiger partial charge in [-0.25, -0.2) is 0 Å². The molecule has 6 heteroatoms. The number of carbonyl (C=O) groups is 3. The maximum absolute atomic E-state index is 12.2. The third-order valence-electron chi connectivity index (χ3n) is 3.43. The van der Waals surface area contributed by atoms with Crippen LogP contribution >= 0.6 is 0 Å². The Morgan fingerprint density at radius 2 is 1.76 bits per heavy atom. The van der Waals surface area contributed by atoms with Crippen molar-refractivity contribution >= 4 is 17.6 Å². The van der Waals surface area contributed by atoms with E-state index in [-0.39, 0.29) is 17.2 Å². The second kappa shape index (κ2) is 10.8. The highest BCUT2D eigenvalue weighted by atomic mass is 16.3. The minimum absolute atomic E-state index is 0.216.